The molecule has 0 bridgehead atoms. The Kier molecular flexibility index (Phi) is 33.9. The van der Waals surface area contributed by atoms with E-state index in [4.69, 9.17) is 6.42 Å². The van der Waals surface area contributed by atoms with Crippen LogP contribution in [0.2, 0.25) is 0 Å². The first-order valence-electron chi connectivity index (χ1n) is 55.9. The number of aliphatic hydroxyl groups is 4. The molecule has 0 spiro atoms. The van der Waals surface area contributed by atoms with E-state index >= 15 is 0 Å². The lowest BCUT2D eigenvalue weighted by atomic mass is 9.42. The van der Waals surface area contributed by atoms with Gasteiger partial charge < -0.3 is 20.4 Å². The van der Waals surface area contributed by atoms with Crippen molar-refractivity contribution in [3.63, 3.8) is 0 Å². The molecule has 16 aliphatic carbocycles. The summed E-state index contributed by atoms with van der Waals surface area (Å²) >= 11 is 3.44. The molecule has 0 saturated heterocycles. The van der Waals surface area contributed by atoms with Crippen molar-refractivity contribution in [2.75, 3.05) is 5.33 Å². The van der Waals surface area contributed by atoms with Crippen LogP contribution in [0.15, 0.2) is 36.4 Å². The topological polar surface area (TPSA) is 241 Å². The number of hydrogen-bond acceptors (Lipinski definition) is 14. The molecule has 24 heteroatoms. The SMILES string of the molecule is C.C.C.C#CC#CC#CC#CC#CC.CC[C@]12CC[C@@](C)(O)C[C@H]1CC[C@H]1[C@@H]3CC[C@H](C(=O)CBr)[C@@]3(C)CC[C@@H]12.CC[C@]12CC[C@@](C)(O)C[C@H]1CC[C@H]1[C@@H]3CC[C@H](C(=O)Cn4nc5ccc(F)c(F)c5n4)[C@@]3(C)CC[C@@H]12.CC[C@]12CC[C@@](C)(O)C[C@H]1CC[C@H]1[C@@H]3CC[C@H](C(=O)Cn4nnc5ccc(F)c(F)c54)[C@@]3(C)CC[C@@H]12.CC[C@]12CC[C@@](C)(O)C[C@H]1CC[C@H]1[C@H]3CC[C@H](C(=O)Cn4nnc5c(F)c(F)ccc54)[C@@]3(C)CC[C@@H]12. The van der Waals surface area contributed by atoms with Crippen LogP contribution in [0.3, 0.4) is 0 Å². The van der Waals surface area contributed by atoms with E-state index in [2.05, 4.69) is 162 Å². The van der Waals surface area contributed by atoms with Crippen LogP contribution in [0.5, 0.6) is 0 Å². The Labute approximate surface area is 886 Å². The molecule has 0 unspecified atom stereocenters. The molecule has 0 amide bonds. The van der Waals surface area contributed by atoms with Crippen LogP contribution in [0, 0.1) is 256 Å². The quantitative estimate of drug-likeness (QED) is 0.0425. The predicted molar refractivity (Wildman–Crippen MR) is 574 cm³/mol. The van der Waals surface area contributed by atoms with E-state index in [0.29, 0.717) is 115 Å². The highest BCUT2D eigenvalue weighted by Gasteiger charge is 2.69. The Morgan fingerprint density at radius 1 is 0.365 bits per heavy atom. The van der Waals surface area contributed by atoms with E-state index in [-0.39, 0.29) is 132 Å². The highest BCUT2D eigenvalue weighted by molar-refractivity contribution is 9.09. The van der Waals surface area contributed by atoms with Gasteiger partial charge in [0.05, 0.1) is 33.3 Å². The van der Waals surface area contributed by atoms with Crippen LogP contribution in [0.1, 0.15) is 369 Å². The fourth-order valence-corrected chi connectivity index (χ4v) is 38.6. The zero-order valence-electron chi connectivity index (χ0n) is 88.3. The smallest absolute Gasteiger partial charge is 0.188 e. The van der Waals surface area contributed by atoms with Crippen molar-refractivity contribution < 1.29 is 65.9 Å². The minimum Gasteiger partial charge on any atom is -0.390 e. The molecule has 0 aliphatic heterocycles. The van der Waals surface area contributed by atoms with Crippen LogP contribution in [0.25, 0.3) is 33.1 Å². The monoisotopic (exact) mass is 2110 g/mol. The summed E-state index contributed by atoms with van der Waals surface area (Å²) < 4.78 is 86.5. The molecule has 3 heterocycles. The average molecular weight is 2110 g/mol. The predicted octanol–water partition coefficient (Wildman–Crippen LogP) is 26.5. The van der Waals surface area contributed by atoms with E-state index in [0.717, 1.165) is 177 Å². The second kappa shape index (κ2) is 43.9. The maximum atomic E-state index is 14.5. The number of carbonyl (C=O) groups excluding carboxylic acids is 4. The zero-order valence-corrected chi connectivity index (χ0v) is 89.9. The minimum absolute atomic E-state index is 0. The third-order valence-electron chi connectivity index (χ3n) is 45.0. The van der Waals surface area contributed by atoms with Gasteiger partial charge in [-0.1, -0.05) is 110 Å². The summed E-state index contributed by atoms with van der Waals surface area (Å²) in [4.78, 5) is 54.7. The van der Waals surface area contributed by atoms with E-state index in [1.165, 1.54) is 148 Å². The summed E-state index contributed by atoms with van der Waals surface area (Å²) in [6.07, 6.45) is 49.1. The van der Waals surface area contributed by atoms with Gasteiger partial charge in [0.1, 0.15) is 42.0 Å². The summed E-state index contributed by atoms with van der Waals surface area (Å²) in [6, 6.07) is 7.42. The van der Waals surface area contributed by atoms with Gasteiger partial charge in [-0.3, -0.25) is 19.2 Å². The Morgan fingerprint density at radius 3 is 1.05 bits per heavy atom. The summed E-state index contributed by atoms with van der Waals surface area (Å²) in [5, 5.41) is 67.8. The Hall–Kier alpha value is -7.76. The average Bonchev–Trinajstić information content (AvgIpc) is 1.44. The number of halogens is 7. The van der Waals surface area contributed by atoms with E-state index in [1.54, 1.807) is 6.92 Å². The second-order valence-corrected chi connectivity index (χ2v) is 51.7. The number of fused-ring (bicyclic) bond motifs is 23. The molecule has 32 atom stereocenters. The molecule has 17 nitrogen and oxygen atoms in total. The van der Waals surface area contributed by atoms with Crippen LogP contribution in [-0.4, -0.2) is 116 Å². The Balaban J connectivity index is 0.000000143. The molecule has 6 aromatic rings. The van der Waals surface area contributed by atoms with Gasteiger partial charge in [-0.15, -0.1) is 21.7 Å². The van der Waals surface area contributed by atoms with E-state index in [9.17, 15) is 65.9 Å². The van der Waals surface area contributed by atoms with Gasteiger partial charge in [-0.2, -0.15) is 9.90 Å². The van der Waals surface area contributed by atoms with Gasteiger partial charge in [0.15, 0.2) is 63.3 Å². The summed E-state index contributed by atoms with van der Waals surface area (Å²) in [7, 11) is 0. The van der Waals surface area contributed by atoms with Crippen molar-refractivity contribution in [1.29, 1.82) is 0 Å². The molecule has 3 aromatic heterocycles. The van der Waals surface area contributed by atoms with Crippen molar-refractivity contribution in [3.05, 3.63) is 71.3 Å². The number of ketones is 4. The van der Waals surface area contributed by atoms with Crippen molar-refractivity contribution in [1.82, 2.24) is 45.0 Å². The van der Waals surface area contributed by atoms with Gasteiger partial charge >= 0.3 is 0 Å². The van der Waals surface area contributed by atoms with E-state index in [1.807, 2.05) is 20.8 Å². The number of nitrogens with zero attached hydrogens (tertiary/aromatic N) is 9. The molecule has 16 aliphatic rings. The van der Waals surface area contributed by atoms with Crippen molar-refractivity contribution in [2.24, 2.45) is 162 Å². The van der Waals surface area contributed by atoms with Gasteiger partial charge in [0.2, 0.25) is 0 Å². The summed E-state index contributed by atoms with van der Waals surface area (Å²) in [5.41, 5.74) is 0.236. The second-order valence-electron chi connectivity index (χ2n) is 51.1. The first-order chi connectivity index (χ1) is 69.0. The minimum atomic E-state index is -1.01. The van der Waals surface area contributed by atoms with Crippen LogP contribution in [-0.2, 0) is 38.8 Å². The number of hydrogen-bond donors (Lipinski definition) is 4. The fourth-order valence-electron chi connectivity index (χ4n) is 38.3. The third-order valence-corrected chi connectivity index (χ3v) is 45.6. The molecule has 3 aromatic carbocycles. The van der Waals surface area contributed by atoms with Crippen molar-refractivity contribution in [2.45, 2.75) is 411 Å². The lowest BCUT2D eigenvalue weighted by Gasteiger charge is -2.63. The molecule has 16 saturated carbocycles. The van der Waals surface area contributed by atoms with Gasteiger partial charge in [-0.25, -0.2) is 35.7 Å². The van der Waals surface area contributed by atoms with Gasteiger partial charge in [0.25, 0.3) is 0 Å². The summed E-state index contributed by atoms with van der Waals surface area (Å²) in [6.45, 7) is 28.8. The Bertz CT molecular complexity index is 6190. The molecular weight excluding hydrogens is 1940 g/mol. The number of benzene rings is 3. The number of carbonyl (C=O) groups is 4. The summed E-state index contributed by atoms with van der Waals surface area (Å²) in [5.74, 6) is 27.6. The zero-order chi connectivity index (χ0) is 103. The highest BCUT2D eigenvalue weighted by Crippen LogP contribution is 2.75. The maximum absolute atomic E-state index is 14.5. The van der Waals surface area contributed by atoms with E-state index < -0.39 is 57.3 Å². The van der Waals surface area contributed by atoms with Crippen molar-refractivity contribution in [3.8, 4) is 59.7 Å². The molecular formula is C124H170BrF6N9O8. The number of Topliss-reactive ketones (excluding diaryl/α,β-unsaturated/α-hetero) is 4. The van der Waals surface area contributed by atoms with Crippen LogP contribution < -0.4 is 0 Å². The highest BCUT2D eigenvalue weighted by atomic mass is 79.9. The first kappa shape index (κ1) is 114. The van der Waals surface area contributed by atoms with Crippen LogP contribution in [0.4, 0.5) is 26.3 Å². The van der Waals surface area contributed by atoms with Crippen molar-refractivity contribution >= 4 is 72.2 Å². The molecule has 0 radical (unpaired) electrons. The number of terminal acetylenes is 1. The first-order valence-corrected chi connectivity index (χ1v) is 57.0. The molecule has 22 rings (SSSR count). The number of alkyl halides is 1. The number of aromatic nitrogens is 9. The molecule has 16 fully saturated rings. The van der Waals surface area contributed by atoms with Gasteiger partial charge in [0, 0.05) is 23.7 Å². The molecule has 808 valence electrons. The largest absolute Gasteiger partial charge is 0.390 e. The Morgan fingerprint density at radius 2 is 0.689 bits per heavy atom. The lowest BCUT2D eigenvalue weighted by Crippen LogP contribution is -2.56. The van der Waals surface area contributed by atoms with Gasteiger partial charge in [-0.05, 0) is 513 Å². The van der Waals surface area contributed by atoms with Crippen LogP contribution >= 0.6 is 15.9 Å². The molecule has 4 N–H and O–H groups in total. The normalized spacial score (nSPS) is 40.4. The number of rotatable bonds is 15. The standard InChI is InChI=1S/3C29H39F2N3O2.C23H37BrO2.C11H4.3CH4/c1-4-29-14-13-27(2,36)15-17(29)5-6-18-19-7-8-21(28(19,3)12-11-20(18)29)24(35)16-34-23-10-9-22(30)25(31)26(23)32-33-34;1-4-29-14-13-27(2,36)15-17(29)5-6-18-19-7-8-21(28(19,3)12-11-20(18)29)24(35)16-34-26-23(32-33-34)10-9-22(30)25(26)31;1-4-29-14-13-27(2,36)15-17(29)5-6-18-19-7-8-21(28(19,3)12-11-20(18)29)24(35)16-34-32-23-10-9-22(30)25(31)26(23)33-34;1-4-23-12-11-21(2,26)13-15(23)5-6-16-17-7-8-19(20(25)14-24)22(17,3)10-9-18(16)23;1-3-5-7-9-11-10-8-6-4-2;;;/h3*9-10,17-21,36H,4-8,11-16H2,1-3H3;15-19,26H,4-14H2,1-3H3;1H,2H3;3*1H4/t17-,18+,19-,20+,21-,27-,28+,29+;2*17-,18+,19+,20+,21-,27-,28+,29+;15-,16+,17+,18+,19-,21-,22+,23+;;;;/m1111..../s1. The lowest BCUT2D eigenvalue weighted by molar-refractivity contribution is -0.158. The maximum Gasteiger partial charge on any atom is 0.188 e. The third kappa shape index (κ3) is 20.2. The molecule has 148 heavy (non-hydrogen) atoms. The fraction of sp³-hybridized carbons (Fsp3) is 0.742.